The second-order valence-corrected chi connectivity index (χ2v) is 5.52. The predicted octanol–water partition coefficient (Wildman–Crippen LogP) is 4.21. The number of nitrogens with zero attached hydrogens (tertiary/aromatic N) is 2. The van der Waals surface area contributed by atoms with Crippen molar-refractivity contribution in [1.29, 1.82) is 0 Å². The van der Waals surface area contributed by atoms with E-state index < -0.39 is 0 Å². The minimum atomic E-state index is 0.402. The Morgan fingerprint density at radius 1 is 1.16 bits per heavy atom. The van der Waals surface area contributed by atoms with E-state index in [4.69, 9.17) is 14.3 Å². The van der Waals surface area contributed by atoms with Crippen molar-refractivity contribution in [2.45, 2.75) is 27.4 Å². The Balaban J connectivity index is 2.12. The third-order valence-corrected chi connectivity index (χ3v) is 3.59. The molecule has 0 aliphatic heterocycles. The fraction of sp³-hybridized carbons (Fsp3) is 0.300. The lowest BCUT2D eigenvalue weighted by Gasteiger charge is -2.15. The van der Waals surface area contributed by atoms with E-state index in [1.54, 1.807) is 12.4 Å². The number of benzene rings is 1. The van der Waals surface area contributed by atoms with Gasteiger partial charge in [0.05, 0.1) is 11.9 Å². The van der Waals surface area contributed by atoms with Gasteiger partial charge >= 0.3 is 0 Å². The quantitative estimate of drug-likeness (QED) is 0.410. The zero-order valence-corrected chi connectivity index (χ0v) is 15.2. The lowest BCUT2D eigenvalue weighted by molar-refractivity contribution is 0.215. The molecule has 2 aromatic rings. The van der Waals surface area contributed by atoms with E-state index in [1.807, 2.05) is 57.2 Å². The Morgan fingerprint density at radius 3 is 2.60 bits per heavy atom. The number of aromatic nitrogens is 1. The summed E-state index contributed by atoms with van der Waals surface area (Å²) in [5, 5.41) is 3.77. The van der Waals surface area contributed by atoms with Crippen LogP contribution in [0.2, 0.25) is 0 Å². The number of pyridine rings is 1. The Kier molecular flexibility index (Phi) is 7.01. The summed E-state index contributed by atoms with van der Waals surface area (Å²) in [6.45, 7) is 6.97. The lowest BCUT2D eigenvalue weighted by Crippen LogP contribution is -2.04. The van der Waals surface area contributed by atoms with Crippen molar-refractivity contribution >= 4 is 6.21 Å². The number of allylic oxidation sites excluding steroid dienone is 1. The number of aryl methyl sites for hydroxylation is 2. The Labute approximate surface area is 148 Å². The highest BCUT2D eigenvalue weighted by Crippen LogP contribution is 2.29. The highest BCUT2D eigenvalue weighted by atomic mass is 16.6. The summed E-state index contributed by atoms with van der Waals surface area (Å²) >= 11 is 0. The van der Waals surface area contributed by atoms with Crippen LogP contribution < -0.4 is 9.47 Å². The van der Waals surface area contributed by atoms with Crippen molar-refractivity contribution < 1.29 is 14.3 Å². The summed E-state index contributed by atoms with van der Waals surface area (Å²) in [4.78, 5) is 9.02. The average Bonchev–Trinajstić information content (AvgIpc) is 2.60. The standard InChI is InChI=1S/C20H24N2O3/c1-5-6-10-24-18-11-15(2)20(16(3)12-18)25-14-17-8-7-9-21-19(17)13-22-23-4/h5-9,11-13H,10,14H2,1-4H3/b6-5+,22-13?. The number of rotatable bonds is 8. The Bertz CT molecular complexity index is 731. The molecule has 132 valence electrons. The molecule has 1 heterocycles. The first-order chi connectivity index (χ1) is 12.2. The molecule has 0 atom stereocenters. The molecule has 0 amide bonds. The Morgan fingerprint density at radius 2 is 1.92 bits per heavy atom. The fourth-order valence-corrected chi connectivity index (χ4v) is 2.40. The van der Waals surface area contributed by atoms with E-state index in [1.165, 1.54) is 7.11 Å². The third kappa shape index (κ3) is 5.35. The van der Waals surface area contributed by atoms with Crippen molar-refractivity contribution in [3.8, 4) is 11.5 Å². The molecule has 0 spiro atoms. The van der Waals surface area contributed by atoms with Gasteiger partial charge in [-0.3, -0.25) is 4.98 Å². The molecule has 0 unspecified atom stereocenters. The van der Waals surface area contributed by atoms with Gasteiger partial charge in [0.15, 0.2) is 0 Å². The van der Waals surface area contributed by atoms with Crippen molar-refractivity contribution in [2.75, 3.05) is 13.7 Å². The molecule has 0 radical (unpaired) electrons. The molecule has 0 aliphatic carbocycles. The largest absolute Gasteiger partial charge is 0.490 e. The highest BCUT2D eigenvalue weighted by molar-refractivity contribution is 5.78. The van der Waals surface area contributed by atoms with Crippen LogP contribution >= 0.6 is 0 Å². The van der Waals surface area contributed by atoms with Crippen LogP contribution in [0.3, 0.4) is 0 Å². The van der Waals surface area contributed by atoms with E-state index in [9.17, 15) is 0 Å². The van der Waals surface area contributed by atoms with E-state index in [0.717, 1.165) is 33.9 Å². The molecule has 5 heteroatoms. The zero-order valence-electron chi connectivity index (χ0n) is 15.2. The second-order valence-electron chi connectivity index (χ2n) is 5.52. The number of hydrogen-bond donors (Lipinski definition) is 0. The minimum absolute atomic E-state index is 0.402. The molecule has 2 rings (SSSR count). The van der Waals surface area contributed by atoms with E-state index in [-0.39, 0.29) is 0 Å². The molecule has 0 bridgehead atoms. The van der Waals surface area contributed by atoms with Gasteiger partial charge in [-0.2, -0.15) is 0 Å². The van der Waals surface area contributed by atoms with Crippen LogP contribution in [0.4, 0.5) is 0 Å². The zero-order chi connectivity index (χ0) is 18.1. The molecular formula is C20H24N2O3. The summed E-state index contributed by atoms with van der Waals surface area (Å²) in [5.41, 5.74) is 3.74. The molecule has 1 aromatic carbocycles. The SMILES string of the molecule is C/C=C/COc1cc(C)c(OCc2cccnc2C=NOC)c(C)c1. The van der Waals surface area contributed by atoms with Gasteiger partial charge < -0.3 is 14.3 Å². The van der Waals surface area contributed by atoms with E-state index >= 15 is 0 Å². The molecule has 0 saturated carbocycles. The first kappa shape index (κ1) is 18.5. The summed E-state index contributed by atoms with van der Waals surface area (Å²) in [6.07, 6.45) is 7.24. The van der Waals surface area contributed by atoms with Gasteiger partial charge in [0.2, 0.25) is 0 Å². The summed E-state index contributed by atoms with van der Waals surface area (Å²) in [7, 11) is 1.50. The fourth-order valence-electron chi connectivity index (χ4n) is 2.40. The average molecular weight is 340 g/mol. The molecular weight excluding hydrogens is 316 g/mol. The topological polar surface area (TPSA) is 52.9 Å². The molecule has 0 fully saturated rings. The minimum Gasteiger partial charge on any atom is -0.490 e. The van der Waals surface area contributed by atoms with Gasteiger partial charge in [-0.25, -0.2) is 0 Å². The van der Waals surface area contributed by atoms with Crippen molar-refractivity contribution in [3.05, 3.63) is 65.0 Å². The van der Waals surface area contributed by atoms with Crippen molar-refractivity contribution in [2.24, 2.45) is 5.16 Å². The smallest absolute Gasteiger partial charge is 0.125 e. The van der Waals surface area contributed by atoms with Crippen molar-refractivity contribution in [3.63, 3.8) is 0 Å². The number of hydrogen-bond acceptors (Lipinski definition) is 5. The van der Waals surface area contributed by atoms with E-state index in [2.05, 4.69) is 10.1 Å². The summed E-state index contributed by atoms with van der Waals surface area (Å²) in [5.74, 6) is 1.70. The van der Waals surface area contributed by atoms with Gasteiger partial charge in [-0.1, -0.05) is 23.4 Å². The molecule has 0 saturated heterocycles. The second kappa shape index (κ2) is 9.47. The van der Waals surface area contributed by atoms with Gasteiger partial charge in [-0.05, 0) is 50.1 Å². The maximum atomic E-state index is 6.04. The van der Waals surface area contributed by atoms with Crippen LogP contribution in [0.1, 0.15) is 29.3 Å². The van der Waals surface area contributed by atoms with Crippen LogP contribution in [0.25, 0.3) is 0 Å². The molecule has 25 heavy (non-hydrogen) atoms. The maximum absolute atomic E-state index is 6.04. The van der Waals surface area contributed by atoms with Gasteiger partial charge in [0, 0.05) is 11.8 Å². The monoisotopic (exact) mass is 340 g/mol. The van der Waals surface area contributed by atoms with E-state index in [0.29, 0.717) is 13.2 Å². The van der Waals surface area contributed by atoms with Crippen LogP contribution in [-0.2, 0) is 11.4 Å². The number of ether oxygens (including phenoxy) is 2. The molecule has 0 N–H and O–H groups in total. The van der Waals surface area contributed by atoms with Crippen molar-refractivity contribution in [1.82, 2.24) is 4.98 Å². The van der Waals surface area contributed by atoms with Crippen LogP contribution in [-0.4, -0.2) is 24.9 Å². The number of oxime groups is 1. The molecule has 5 nitrogen and oxygen atoms in total. The third-order valence-electron chi connectivity index (χ3n) is 3.59. The predicted molar refractivity (Wildman–Crippen MR) is 99.4 cm³/mol. The normalized spacial score (nSPS) is 11.2. The molecule has 0 aliphatic rings. The van der Waals surface area contributed by atoms with Crippen LogP contribution in [0, 0.1) is 13.8 Å². The van der Waals surface area contributed by atoms with Gasteiger partial charge in [0.25, 0.3) is 0 Å². The first-order valence-electron chi connectivity index (χ1n) is 8.14. The lowest BCUT2D eigenvalue weighted by atomic mass is 10.1. The first-order valence-corrected chi connectivity index (χ1v) is 8.14. The van der Waals surface area contributed by atoms with Crippen LogP contribution in [0.5, 0.6) is 11.5 Å². The maximum Gasteiger partial charge on any atom is 0.125 e. The summed E-state index contributed by atoms with van der Waals surface area (Å²) in [6, 6.07) is 7.81. The highest BCUT2D eigenvalue weighted by Gasteiger charge is 2.09. The van der Waals surface area contributed by atoms with Gasteiger partial charge in [0.1, 0.15) is 31.8 Å². The van der Waals surface area contributed by atoms with Crippen LogP contribution in [0.15, 0.2) is 47.8 Å². The summed E-state index contributed by atoms with van der Waals surface area (Å²) < 4.78 is 11.7. The van der Waals surface area contributed by atoms with Gasteiger partial charge in [-0.15, -0.1) is 0 Å². The molecule has 1 aromatic heterocycles. The Hall–Kier alpha value is -2.82.